The average molecular weight is 262 g/mol. The first-order chi connectivity index (χ1) is 8.54. The quantitative estimate of drug-likeness (QED) is 0.353. The van der Waals surface area contributed by atoms with E-state index in [1.54, 1.807) is 6.26 Å². The van der Waals surface area contributed by atoms with E-state index in [9.17, 15) is 4.79 Å². The van der Waals surface area contributed by atoms with Gasteiger partial charge in [0.25, 0.3) is 0 Å². The summed E-state index contributed by atoms with van der Waals surface area (Å²) < 4.78 is 4.80. The fraction of sp³-hybridized carbons (Fsp3) is 0.545. The summed E-state index contributed by atoms with van der Waals surface area (Å²) in [5.74, 6) is 0. The zero-order chi connectivity index (χ0) is 14.0. The molecule has 0 aromatic heterocycles. The van der Waals surface area contributed by atoms with Gasteiger partial charge in [-0.15, -0.1) is 0 Å². The van der Waals surface area contributed by atoms with Gasteiger partial charge in [-0.2, -0.15) is 0 Å². The Hall–Kier alpha value is -1.25. The van der Waals surface area contributed by atoms with E-state index in [-0.39, 0.29) is 6.29 Å². The van der Waals surface area contributed by atoms with Gasteiger partial charge in [-0.3, -0.25) is 0 Å². The van der Waals surface area contributed by atoms with Crippen molar-refractivity contribution in [3.63, 3.8) is 0 Å². The molecule has 0 saturated carbocycles. The van der Waals surface area contributed by atoms with Gasteiger partial charge in [0.1, 0.15) is 31.0 Å². The molecular formula is C11H18O7. The lowest BCUT2D eigenvalue weighted by molar-refractivity contribution is -0.136. The summed E-state index contributed by atoms with van der Waals surface area (Å²) in [6, 6.07) is 0. The number of hydrogen-bond donors (Lipinski definition) is 5. The van der Waals surface area contributed by atoms with Gasteiger partial charge < -0.3 is 35.1 Å². The monoisotopic (exact) mass is 262 g/mol. The lowest BCUT2D eigenvalue weighted by Crippen LogP contribution is -2.46. The molecule has 0 aromatic rings. The number of hydrogen-bond acceptors (Lipinski definition) is 7. The Morgan fingerprint density at radius 1 is 1.17 bits per heavy atom. The number of aldehydes is 1. The molecule has 1 aliphatic heterocycles. The summed E-state index contributed by atoms with van der Waals surface area (Å²) in [7, 11) is 0. The first-order valence-electron chi connectivity index (χ1n) is 5.26. The van der Waals surface area contributed by atoms with E-state index in [2.05, 4.69) is 0 Å². The largest absolute Gasteiger partial charge is 0.497 e. The molecule has 0 aromatic carbocycles. The van der Waals surface area contributed by atoms with Crippen LogP contribution in [-0.4, -0.2) is 69.4 Å². The molecular weight excluding hydrogens is 244 g/mol. The highest BCUT2D eigenvalue weighted by Crippen LogP contribution is 2.02. The second kappa shape index (κ2) is 9.75. The predicted molar refractivity (Wildman–Crippen MR) is 61.4 cm³/mol. The molecule has 1 heterocycles. The highest BCUT2D eigenvalue weighted by atomic mass is 16.5. The fourth-order valence-corrected chi connectivity index (χ4v) is 0.964. The highest BCUT2D eigenvalue weighted by molar-refractivity contribution is 5.56. The maximum absolute atomic E-state index is 9.90. The third-order valence-electron chi connectivity index (χ3n) is 2.03. The van der Waals surface area contributed by atoms with Crippen molar-refractivity contribution in [1.29, 1.82) is 0 Å². The second-order valence-corrected chi connectivity index (χ2v) is 3.45. The topological polar surface area (TPSA) is 127 Å². The molecule has 0 spiro atoms. The van der Waals surface area contributed by atoms with Crippen LogP contribution in [0.15, 0.2) is 24.5 Å². The average Bonchev–Trinajstić information content (AvgIpc) is 2.46. The molecule has 0 fully saturated rings. The smallest absolute Gasteiger partial charge is 0.151 e. The van der Waals surface area contributed by atoms with E-state index in [1.165, 1.54) is 0 Å². The van der Waals surface area contributed by atoms with Crippen LogP contribution in [0.4, 0.5) is 0 Å². The van der Waals surface area contributed by atoms with Gasteiger partial charge in [-0.25, -0.2) is 0 Å². The normalized spacial score (nSPS) is 19.8. The van der Waals surface area contributed by atoms with E-state index in [4.69, 9.17) is 30.3 Å². The Morgan fingerprint density at radius 2 is 1.83 bits per heavy atom. The SMILES string of the molecule is C1=CCOC=C1.O=C[C@H](O)[C@@H](O)[C@H](O)[C@H](O)CO. The third-order valence-corrected chi connectivity index (χ3v) is 2.03. The summed E-state index contributed by atoms with van der Waals surface area (Å²) in [5, 5.41) is 43.5. The number of ether oxygens (including phenoxy) is 1. The van der Waals surface area contributed by atoms with Crippen molar-refractivity contribution in [2.24, 2.45) is 0 Å². The molecule has 0 saturated heterocycles. The van der Waals surface area contributed by atoms with Crippen molar-refractivity contribution in [1.82, 2.24) is 0 Å². The fourth-order valence-electron chi connectivity index (χ4n) is 0.964. The maximum Gasteiger partial charge on any atom is 0.151 e. The number of carbonyl (C=O) groups is 1. The Morgan fingerprint density at radius 3 is 2.11 bits per heavy atom. The van der Waals surface area contributed by atoms with Gasteiger partial charge in [-0.05, 0) is 12.2 Å². The summed E-state index contributed by atoms with van der Waals surface area (Å²) in [5.41, 5.74) is 0. The molecule has 0 bridgehead atoms. The molecule has 4 atom stereocenters. The first-order valence-corrected chi connectivity index (χ1v) is 5.26. The van der Waals surface area contributed by atoms with Gasteiger partial charge >= 0.3 is 0 Å². The van der Waals surface area contributed by atoms with Gasteiger partial charge in [0.15, 0.2) is 6.29 Å². The summed E-state index contributed by atoms with van der Waals surface area (Å²) in [6.07, 6.45) is 0.626. The predicted octanol–water partition coefficient (Wildman–Crippen LogP) is -2.29. The standard InChI is InChI=1S/C6H12O6.C5H6O/c7-1-3(9)5(11)6(12)4(10)2-8;1-2-4-6-5-3-1/h1,3-6,8-12H,2H2;1-4H,5H2/t3-,4+,5+,6+;/m0./s1. The summed E-state index contributed by atoms with van der Waals surface area (Å²) in [4.78, 5) is 9.90. The molecule has 5 N–H and O–H groups in total. The van der Waals surface area contributed by atoms with Crippen LogP contribution in [0.2, 0.25) is 0 Å². The minimum absolute atomic E-state index is 0.0258. The Bertz CT molecular complexity index is 265. The molecule has 0 amide bonds. The van der Waals surface area contributed by atoms with Crippen LogP contribution < -0.4 is 0 Å². The van der Waals surface area contributed by atoms with Crippen molar-refractivity contribution in [3.8, 4) is 0 Å². The molecule has 104 valence electrons. The first kappa shape index (κ1) is 16.8. The van der Waals surface area contributed by atoms with E-state index in [1.807, 2.05) is 18.2 Å². The van der Waals surface area contributed by atoms with E-state index >= 15 is 0 Å². The lowest BCUT2D eigenvalue weighted by atomic mass is 10.0. The Labute approximate surface area is 104 Å². The number of aliphatic hydroxyl groups is 5. The lowest BCUT2D eigenvalue weighted by Gasteiger charge is -2.22. The van der Waals surface area contributed by atoms with Crippen LogP contribution in [0.1, 0.15) is 0 Å². The van der Waals surface area contributed by atoms with E-state index in [0.717, 1.165) is 6.61 Å². The van der Waals surface area contributed by atoms with E-state index < -0.39 is 31.0 Å². The summed E-state index contributed by atoms with van der Waals surface area (Å²) >= 11 is 0. The maximum atomic E-state index is 9.90. The van der Waals surface area contributed by atoms with Gasteiger partial charge in [0.2, 0.25) is 0 Å². The van der Waals surface area contributed by atoms with Crippen LogP contribution in [0, 0.1) is 0 Å². The molecule has 1 aliphatic rings. The molecule has 7 nitrogen and oxygen atoms in total. The number of rotatable bonds is 5. The Kier molecular flexibility index (Phi) is 9.07. The molecule has 1 rings (SSSR count). The van der Waals surface area contributed by atoms with Crippen molar-refractivity contribution in [2.75, 3.05) is 13.2 Å². The Balaban J connectivity index is 0.000000397. The number of allylic oxidation sites excluding steroid dienone is 2. The minimum atomic E-state index is -1.79. The molecule has 7 heteroatoms. The molecule has 18 heavy (non-hydrogen) atoms. The van der Waals surface area contributed by atoms with Gasteiger partial charge in [-0.1, -0.05) is 6.08 Å². The van der Waals surface area contributed by atoms with Crippen molar-refractivity contribution in [3.05, 3.63) is 24.5 Å². The summed E-state index contributed by atoms with van der Waals surface area (Å²) in [6.45, 7) is -0.0275. The van der Waals surface area contributed by atoms with Crippen molar-refractivity contribution in [2.45, 2.75) is 24.4 Å². The van der Waals surface area contributed by atoms with Crippen LogP contribution in [0.25, 0.3) is 0 Å². The second-order valence-electron chi connectivity index (χ2n) is 3.45. The zero-order valence-electron chi connectivity index (χ0n) is 9.66. The molecule has 0 unspecified atom stereocenters. The number of aliphatic hydroxyl groups excluding tert-OH is 5. The molecule has 0 aliphatic carbocycles. The van der Waals surface area contributed by atoms with Gasteiger partial charge in [0, 0.05) is 0 Å². The molecule has 0 radical (unpaired) electrons. The van der Waals surface area contributed by atoms with Crippen molar-refractivity contribution >= 4 is 6.29 Å². The van der Waals surface area contributed by atoms with Crippen LogP contribution in [0.3, 0.4) is 0 Å². The van der Waals surface area contributed by atoms with Crippen LogP contribution in [-0.2, 0) is 9.53 Å². The third kappa shape index (κ3) is 6.48. The van der Waals surface area contributed by atoms with Crippen molar-refractivity contribution < 1.29 is 35.1 Å². The van der Waals surface area contributed by atoms with Gasteiger partial charge in [0.05, 0.1) is 12.9 Å². The van der Waals surface area contributed by atoms with Crippen LogP contribution >= 0.6 is 0 Å². The van der Waals surface area contributed by atoms with E-state index in [0.29, 0.717) is 0 Å². The highest BCUT2D eigenvalue weighted by Gasteiger charge is 2.29. The minimum Gasteiger partial charge on any atom is -0.497 e. The zero-order valence-corrected chi connectivity index (χ0v) is 9.66. The van der Waals surface area contributed by atoms with Crippen LogP contribution in [0.5, 0.6) is 0 Å². The number of carbonyl (C=O) groups excluding carboxylic acids is 1.